The molecule has 0 aliphatic carbocycles. The van der Waals surface area contributed by atoms with Crippen LogP contribution in [0.2, 0.25) is 0 Å². The zero-order valence-corrected chi connectivity index (χ0v) is 11.4. The number of nitrogen functional groups attached to an aromatic ring is 1. The summed E-state index contributed by atoms with van der Waals surface area (Å²) in [5, 5.41) is 4.39. The van der Waals surface area contributed by atoms with Crippen molar-refractivity contribution in [3.63, 3.8) is 0 Å². The molecular formula is C12H14BrN3O. The van der Waals surface area contributed by atoms with Gasteiger partial charge < -0.3 is 10.5 Å². The van der Waals surface area contributed by atoms with E-state index in [2.05, 4.69) is 21.0 Å². The molecule has 0 atom stereocenters. The predicted molar refractivity (Wildman–Crippen MR) is 71.5 cm³/mol. The highest BCUT2D eigenvalue weighted by molar-refractivity contribution is 9.10. The van der Waals surface area contributed by atoms with Gasteiger partial charge in [0.05, 0.1) is 12.3 Å². The topological polar surface area (TPSA) is 53.1 Å². The lowest BCUT2D eigenvalue weighted by atomic mass is 10.1. The lowest BCUT2D eigenvalue weighted by Gasteiger charge is -2.08. The van der Waals surface area contributed by atoms with Gasteiger partial charge in [-0.1, -0.05) is 28.1 Å². The number of aromatic nitrogens is 2. The van der Waals surface area contributed by atoms with Gasteiger partial charge in [0.15, 0.2) is 0 Å². The van der Waals surface area contributed by atoms with Crippen LogP contribution in [-0.2, 0) is 18.4 Å². The molecule has 0 radical (unpaired) electrons. The number of hydrogen-bond acceptors (Lipinski definition) is 3. The summed E-state index contributed by atoms with van der Waals surface area (Å²) in [5.41, 5.74) is 8.77. The monoisotopic (exact) mass is 295 g/mol. The summed E-state index contributed by atoms with van der Waals surface area (Å²) < 4.78 is 7.84. The van der Waals surface area contributed by atoms with Crippen LogP contribution in [0, 0.1) is 0 Å². The Hall–Kier alpha value is -1.33. The van der Waals surface area contributed by atoms with Gasteiger partial charge >= 0.3 is 0 Å². The first-order valence-electron chi connectivity index (χ1n) is 5.19. The fourth-order valence-electron chi connectivity index (χ4n) is 1.74. The van der Waals surface area contributed by atoms with Crippen molar-refractivity contribution in [2.75, 3.05) is 12.8 Å². The van der Waals surface area contributed by atoms with E-state index in [-0.39, 0.29) is 0 Å². The van der Waals surface area contributed by atoms with E-state index in [0.29, 0.717) is 12.4 Å². The highest BCUT2D eigenvalue weighted by Gasteiger charge is 2.13. The zero-order chi connectivity index (χ0) is 12.4. The van der Waals surface area contributed by atoms with Gasteiger partial charge in [-0.25, -0.2) is 0 Å². The Morgan fingerprint density at radius 1 is 1.47 bits per heavy atom. The molecule has 1 aromatic heterocycles. The molecule has 2 rings (SSSR count). The number of halogens is 1. The molecule has 5 heteroatoms. The summed E-state index contributed by atoms with van der Waals surface area (Å²) in [4.78, 5) is 0. The van der Waals surface area contributed by atoms with Gasteiger partial charge in [0.2, 0.25) is 0 Å². The molecular weight excluding hydrogens is 282 g/mol. The maximum atomic E-state index is 5.81. The van der Waals surface area contributed by atoms with Crippen LogP contribution in [0.5, 0.6) is 0 Å². The lowest BCUT2D eigenvalue weighted by Crippen LogP contribution is -1.97. The number of benzene rings is 1. The average molecular weight is 296 g/mol. The fourth-order valence-corrected chi connectivity index (χ4v) is 2.35. The van der Waals surface area contributed by atoms with Crippen molar-refractivity contribution >= 4 is 21.7 Å². The lowest BCUT2D eigenvalue weighted by molar-refractivity contribution is 0.185. The summed E-state index contributed by atoms with van der Waals surface area (Å²) in [7, 11) is 3.50. The van der Waals surface area contributed by atoms with Gasteiger partial charge in [0.1, 0.15) is 5.82 Å². The maximum Gasteiger partial charge on any atom is 0.121 e. The SMILES string of the molecule is COCc1cccc(Br)c1-c1cc(N)n(C)n1. The molecule has 2 N–H and O–H groups in total. The molecule has 0 unspecified atom stereocenters. The third-order valence-corrected chi connectivity index (χ3v) is 3.23. The van der Waals surface area contributed by atoms with Crippen LogP contribution in [0.4, 0.5) is 5.82 Å². The molecule has 0 aliphatic heterocycles. The molecule has 0 saturated heterocycles. The molecule has 0 amide bonds. The second kappa shape index (κ2) is 4.89. The quantitative estimate of drug-likeness (QED) is 0.947. The fraction of sp³-hybridized carbons (Fsp3) is 0.250. The summed E-state index contributed by atoms with van der Waals surface area (Å²) in [6.07, 6.45) is 0. The van der Waals surface area contributed by atoms with Gasteiger partial charge in [-0.05, 0) is 11.6 Å². The molecule has 4 nitrogen and oxygen atoms in total. The van der Waals surface area contributed by atoms with E-state index < -0.39 is 0 Å². The largest absolute Gasteiger partial charge is 0.384 e. The van der Waals surface area contributed by atoms with Crippen molar-refractivity contribution in [3.05, 3.63) is 34.3 Å². The minimum absolute atomic E-state index is 0.547. The third-order valence-electron chi connectivity index (χ3n) is 2.57. The summed E-state index contributed by atoms with van der Waals surface area (Å²) >= 11 is 3.54. The molecule has 0 aliphatic rings. The standard InChI is InChI=1S/C12H14BrN3O/c1-16-11(14)6-10(15-16)12-8(7-17-2)4-3-5-9(12)13/h3-6H,7,14H2,1-2H3. The summed E-state index contributed by atoms with van der Waals surface area (Å²) in [5.74, 6) is 0.638. The normalized spacial score (nSPS) is 10.8. The van der Waals surface area contributed by atoms with E-state index in [4.69, 9.17) is 10.5 Å². The number of hydrogen-bond donors (Lipinski definition) is 1. The van der Waals surface area contributed by atoms with E-state index in [1.165, 1.54) is 0 Å². The maximum absolute atomic E-state index is 5.81. The molecule has 2 aromatic rings. The first-order chi connectivity index (χ1) is 8.13. The van der Waals surface area contributed by atoms with Crippen molar-refractivity contribution in [2.45, 2.75) is 6.61 Å². The Morgan fingerprint density at radius 3 is 2.82 bits per heavy atom. The van der Waals surface area contributed by atoms with Crippen molar-refractivity contribution in [3.8, 4) is 11.3 Å². The third kappa shape index (κ3) is 2.35. The van der Waals surface area contributed by atoms with Crippen LogP contribution in [0.15, 0.2) is 28.7 Å². The molecule has 0 fully saturated rings. The molecule has 90 valence electrons. The minimum atomic E-state index is 0.547. The minimum Gasteiger partial charge on any atom is -0.384 e. The van der Waals surface area contributed by atoms with E-state index in [1.807, 2.05) is 31.3 Å². The van der Waals surface area contributed by atoms with Crippen molar-refractivity contribution in [1.82, 2.24) is 9.78 Å². The van der Waals surface area contributed by atoms with Crippen LogP contribution in [0.25, 0.3) is 11.3 Å². The van der Waals surface area contributed by atoms with Crippen LogP contribution in [0.3, 0.4) is 0 Å². The summed E-state index contributed by atoms with van der Waals surface area (Å²) in [6, 6.07) is 7.85. The molecule has 1 heterocycles. The molecule has 0 spiro atoms. The first-order valence-corrected chi connectivity index (χ1v) is 5.99. The average Bonchev–Trinajstić information content (AvgIpc) is 2.59. The van der Waals surface area contributed by atoms with Gasteiger partial charge in [0, 0.05) is 30.3 Å². The highest BCUT2D eigenvalue weighted by atomic mass is 79.9. The number of nitrogens with zero attached hydrogens (tertiary/aromatic N) is 2. The number of methoxy groups -OCH3 is 1. The molecule has 0 saturated carbocycles. The van der Waals surface area contributed by atoms with E-state index in [0.717, 1.165) is 21.3 Å². The van der Waals surface area contributed by atoms with Gasteiger partial charge in [0.25, 0.3) is 0 Å². The smallest absolute Gasteiger partial charge is 0.121 e. The van der Waals surface area contributed by atoms with Crippen LogP contribution >= 0.6 is 15.9 Å². The van der Waals surface area contributed by atoms with Crippen molar-refractivity contribution < 1.29 is 4.74 Å². The molecule has 0 bridgehead atoms. The second-order valence-electron chi connectivity index (χ2n) is 3.79. The number of rotatable bonds is 3. The highest BCUT2D eigenvalue weighted by Crippen LogP contribution is 2.32. The second-order valence-corrected chi connectivity index (χ2v) is 4.64. The van der Waals surface area contributed by atoms with Gasteiger partial charge in [-0.15, -0.1) is 0 Å². The van der Waals surface area contributed by atoms with Gasteiger partial charge in [-0.3, -0.25) is 4.68 Å². The van der Waals surface area contributed by atoms with E-state index >= 15 is 0 Å². The molecule has 17 heavy (non-hydrogen) atoms. The molecule has 1 aromatic carbocycles. The van der Waals surface area contributed by atoms with Crippen LogP contribution in [0.1, 0.15) is 5.56 Å². The Balaban J connectivity index is 2.56. The van der Waals surface area contributed by atoms with Crippen LogP contribution < -0.4 is 5.73 Å². The first kappa shape index (κ1) is 12.1. The Kier molecular flexibility index (Phi) is 3.49. The van der Waals surface area contributed by atoms with Crippen LogP contribution in [-0.4, -0.2) is 16.9 Å². The van der Waals surface area contributed by atoms with Gasteiger partial charge in [-0.2, -0.15) is 5.10 Å². The Morgan fingerprint density at radius 2 is 2.24 bits per heavy atom. The number of nitrogens with two attached hydrogens (primary N) is 1. The zero-order valence-electron chi connectivity index (χ0n) is 9.77. The number of ether oxygens (including phenoxy) is 1. The Labute approximate surface area is 109 Å². The van der Waals surface area contributed by atoms with E-state index in [9.17, 15) is 0 Å². The number of aryl methyl sites for hydroxylation is 1. The van der Waals surface area contributed by atoms with Crippen molar-refractivity contribution in [1.29, 1.82) is 0 Å². The van der Waals surface area contributed by atoms with E-state index in [1.54, 1.807) is 11.8 Å². The number of anilines is 1. The van der Waals surface area contributed by atoms with Crippen molar-refractivity contribution in [2.24, 2.45) is 7.05 Å². The summed E-state index contributed by atoms with van der Waals surface area (Å²) in [6.45, 7) is 0.547. The Bertz CT molecular complexity index is 517. The predicted octanol–water partition coefficient (Wildman–Crippen LogP) is 2.58.